The number of ether oxygens (including phenoxy) is 3. The fourth-order valence-electron chi connectivity index (χ4n) is 3.96. The average molecular weight is 416 g/mol. The van der Waals surface area contributed by atoms with E-state index in [4.69, 9.17) is 19.2 Å². The lowest BCUT2D eigenvalue weighted by molar-refractivity contribution is -0.0293. The molecule has 7 nitrogen and oxygen atoms in total. The van der Waals surface area contributed by atoms with Crippen LogP contribution in [0, 0.1) is 0 Å². The first-order chi connectivity index (χ1) is 15.3. The summed E-state index contributed by atoms with van der Waals surface area (Å²) in [6.07, 6.45) is 7.20. The fraction of sp³-hybridized carbons (Fsp3) is 0.292. The maximum absolute atomic E-state index is 6.06. The van der Waals surface area contributed by atoms with E-state index in [0.717, 1.165) is 53.6 Å². The van der Waals surface area contributed by atoms with Gasteiger partial charge in [0.1, 0.15) is 30.5 Å². The lowest BCUT2D eigenvalue weighted by atomic mass is 10.1. The van der Waals surface area contributed by atoms with Gasteiger partial charge in [-0.1, -0.05) is 6.07 Å². The van der Waals surface area contributed by atoms with Crippen LogP contribution in [0.5, 0.6) is 11.5 Å². The van der Waals surface area contributed by atoms with Gasteiger partial charge >= 0.3 is 0 Å². The molecule has 0 spiro atoms. The van der Waals surface area contributed by atoms with Gasteiger partial charge in [0.2, 0.25) is 0 Å². The molecule has 1 aromatic carbocycles. The summed E-state index contributed by atoms with van der Waals surface area (Å²) >= 11 is 0. The molecule has 31 heavy (non-hydrogen) atoms. The van der Waals surface area contributed by atoms with Crippen molar-refractivity contribution in [1.82, 2.24) is 19.9 Å². The molecule has 0 bridgehead atoms. The first-order valence-electron chi connectivity index (χ1n) is 10.3. The van der Waals surface area contributed by atoms with Gasteiger partial charge in [-0.2, -0.15) is 0 Å². The second kappa shape index (κ2) is 8.83. The topological polar surface area (TPSA) is 69.6 Å². The lowest BCUT2D eigenvalue weighted by Crippen LogP contribution is -2.40. The first-order valence-corrected chi connectivity index (χ1v) is 10.3. The van der Waals surface area contributed by atoms with E-state index >= 15 is 0 Å². The number of pyridine rings is 1. The van der Waals surface area contributed by atoms with Crippen LogP contribution in [0.4, 0.5) is 0 Å². The molecular formula is C24H24N4O3. The van der Waals surface area contributed by atoms with Gasteiger partial charge in [0.05, 0.1) is 25.1 Å². The Morgan fingerprint density at radius 3 is 2.94 bits per heavy atom. The number of nitrogens with zero attached hydrogens (tertiary/aromatic N) is 4. The molecule has 1 fully saturated rings. The van der Waals surface area contributed by atoms with E-state index in [-0.39, 0.29) is 6.10 Å². The molecule has 0 N–H and O–H groups in total. The van der Waals surface area contributed by atoms with Gasteiger partial charge in [-0.05, 0) is 42.0 Å². The summed E-state index contributed by atoms with van der Waals surface area (Å²) in [7, 11) is 1.68. The molecule has 0 amide bonds. The molecule has 7 heteroatoms. The van der Waals surface area contributed by atoms with Crippen LogP contribution in [0.2, 0.25) is 0 Å². The van der Waals surface area contributed by atoms with E-state index in [9.17, 15) is 0 Å². The second-order valence-corrected chi connectivity index (χ2v) is 7.66. The quantitative estimate of drug-likeness (QED) is 0.631. The standard InChI is InChI=1S/C24H24N4O3/c1-29-20-5-6-23-18(10-20)9-17(15-31-23)13-28-7-8-30-24(14-28)22-4-2-3-21(27-22)19-11-25-16-26-12-19/h2-6,9-12,16,24H,7-8,13-15H2,1H3/t24-/m1/s1. The number of aromatic nitrogens is 3. The number of morpholine rings is 1. The Bertz CT molecular complexity index is 1090. The Balaban J connectivity index is 1.30. The predicted octanol–water partition coefficient (Wildman–Crippen LogP) is 3.40. The monoisotopic (exact) mass is 416 g/mol. The maximum Gasteiger partial charge on any atom is 0.127 e. The number of hydrogen-bond donors (Lipinski definition) is 0. The number of methoxy groups -OCH3 is 1. The zero-order valence-corrected chi connectivity index (χ0v) is 17.4. The normalized spacial score (nSPS) is 18.6. The van der Waals surface area contributed by atoms with Gasteiger partial charge in [0, 0.05) is 43.2 Å². The van der Waals surface area contributed by atoms with E-state index in [1.54, 1.807) is 19.5 Å². The van der Waals surface area contributed by atoms with E-state index < -0.39 is 0 Å². The highest BCUT2D eigenvalue weighted by Crippen LogP contribution is 2.31. The third kappa shape index (κ3) is 4.42. The lowest BCUT2D eigenvalue weighted by Gasteiger charge is -2.34. The summed E-state index contributed by atoms with van der Waals surface area (Å²) in [5.74, 6) is 1.73. The molecule has 2 aliphatic heterocycles. The van der Waals surface area contributed by atoms with Crippen molar-refractivity contribution >= 4 is 6.08 Å². The highest BCUT2D eigenvalue weighted by atomic mass is 16.5. The highest BCUT2D eigenvalue weighted by molar-refractivity contribution is 5.64. The summed E-state index contributed by atoms with van der Waals surface area (Å²) in [5.41, 5.74) is 4.98. The van der Waals surface area contributed by atoms with Crippen molar-refractivity contribution in [2.75, 3.05) is 40.0 Å². The van der Waals surface area contributed by atoms with Crippen molar-refractivity contribution < 1.29 is 14.2 Å². The van der Waals surface area contributed by atoms with Crippen LogP contribution in [0.15, 0.2) is 60.7 Å². The van der Waals surface area contributed by atoms with Crippen molar-refractivity contribution in [3.8, 4) is 22.8 Å². The van der Waals surface area contributed by atoms with E-state index in [1.165, 1.54) is 11.9 Å². The number of benzene rings is 1. The Morgan fingerprint density at radius 1 is 1.16 bits per heavy atom. The molecule has 5 rings (SSSR count). The van der Waals surface area contributed by atoms with Crippen LogP contribution in [-0.2, 0) is 4.74 Å². The Labute approximate surface area is 181 Å². The number of hydrogen-bond acceptors (Lipinski definition) is 7. The molecule has 4 heterocycles. The van der Waals surface area contributed by atoms with Crippen LogP contribution in [0.3, 0.4) is 0 Å². The molecule has 2 aromatic heterocycles. The van der Waals surface area contributed by atoms with Gasteiger partial charge < -0.3 is 14.2 Å². The minimum Gasteiger partial charge on any atom is -0.497 e. The molecule has 2 aliphatic rings. The van der Waals surface area contributed by atoms with Crippen molar-refractivity contribution in [2.24, 2.45) is 0 Å². The zero-order valence-electron chi connectivity index (χ0n) is 17.4. The third-order valence-electron chi connectivity index (χ3n) is 5.52. The van der Waals surface area contributed by atoms with E-state index in [0.29, 0.717) is 13.2 Å². The van der Waals surface area contributed by atoms with Gasteiger partial charge in [-0.15, -0.1) is 0 Å². The molecule has 0 unspecified atom stereocenters. The van der Waals surface area contributed by atoms with Gasteiger partial charge in [0.15, 0.2) is 0 Å². The summed E-state index contributed by atoms with van der Waals surface area (Å²) < 4.78 is 17.3. The van der Waals surface area contributed by atoms with E-state index in [2.05, 4.69) is 20.9 Å². The van der Waals surface area contributed by atoms with Crippen LogP contribution >= 0.6 is 0 Å². The Hall–Kier alpha value is -3.29. The molecular weight excluding hydrogens is 392 g/mol. The summed E-state index contributed by atoms with van der Waals surface area (Å²) in [4.78, 5) is 15.4. The first kappa shape index (κ1) is 19.7. The van der Waals surface area contributed by atoms with Crippen LogP contribution in [0.1, 0.15) is 17.4 Å². The van der Waals surface area contributed by atoms with Gasteiger partial charge in [0.25, 0.3) is 0 Å². The van der Waals surface area contributed by atoms with Crippen molar-refractivity contribution in [1.29, 1.82) is 0 Å². The van der Waals surface area contributed by atoms with Crippen LogP contribution < -0.4 is 9.47 Å². The van der Waals surface area contributed by atoms with Crippen molar-refractivity contribution in [3.05, 3.63) is 71.9 Å². The van der Waals surface area contributed by atoms with Gasteiger partial charge in [-0.3, -0.25) is 4.90 Å². The molecule has 1 atom stereocenters. The molecule has 0 saturated carbocycles. The minimum atomic E-state index is -0.0733. The third-order valence-corrected chi connectivity index (χ3v) is 5.52. The fourth-order valence-corrected chi connectivity index (χ4v) is 3.96. The average Bonchev–Trinajstić information content (AvgIpc) is 2.84. The number of rotatable bonds is 5. The maximum atomic E-state index is 6.06. The Morgan fingerprint density at radius 2 is 2.06 bits per heavy atom. The molecule has 3 aromatic rings. The Kier molecular flexibility index (Phi) is 5.60. The van der Waals surface area contributed by atoms with Crippen LogP contribution in [-0.4, -0.2) is 59.8 Å². The van der Waals surface area contributed by atoms with E-state index in [1.807, 2.05) is 36.4 Å². The minimum absolute atomic E-state index is 0.0733. The highest BCUT2D eigenvalue weighted by Gasteiger charge is 2.25. The predicted molar refractivity (Wildman–Crippen MR) is 117 cm³/mol. The SMILES string of the molecule is COc1ccc2c(c1)C=C(CN1CCO[C@@H](c3cccc(-c4cncnc4)n3)C1)CO2. The summed E-state index contributed by atoms with van der Waals surface area (Å²) in [6, 6.07) is 11.9. The largest absolute Gasteiger partial charge is 0.497 e. The van der Waals surface area contributed by atoms with Crippen molar-refractivity contribution in [3.63, 3.8) is 0 Å². The van der Waals surface area contributed by atoms with Crippen LogP contribution in [0.25, 0.3) is 17.3 Å². The molecule has 1 saturated heterocycles. The molecule has 0 radical (unpaired) electrons. The smallest absolute Gasteiger partial charge is 0.127 e. The zero-order chi connectivity index (χ0) is 21.0. The molecule has 158 valence electrons. The number of fused-ring (bicyclic) bond motifs is 1. The molecule has 0 aliphatic carbocycles. The second-order valence-electron chi connectivity index (χ2n) is 7.66. The van der Waals surface area contributed by atoms with Crippen molar-refractivity contribution in [2.45, 2.75) is 6.10 Å². The summed E-state index contributed by atoms with van der Waals surface area (Å²) in [5, 5.41) is 0. The van der Waals surface area contributed by atoms with Gasteiger partial charge in [-0.25, -0.2) is 15.0 Å². The summed E-state index contributed by atoms with van der Waals surface area (Å²) in [6.45, 7) is 3.77.